The van der Waals surface area contributed by atoms with E-state index < -0.39 is 11.9 Å². The first kappa shape index (κ1) is 19.4. The number of phenols is 1. The van der Waals surface area contributed by atoms with Crippen LogP contribution in [-0.2, 0) is 0 Å². The zero-order valence-corrected chi connectivity index (χ0v) is 16.8. The van der Waals surface area contributed by atoms with Gasteiger partial charge in [-0.15, -0.1) is 0 Å². The van der Waals surface area contributed by atoms with Gasteiger partial charge in [-0.25, -0.2) is 9.37 Å². The van der Waals surface area contributed by atoms with Crippen LogP contribution in [0.15, 0.2) is 60.9 Å². The maximum absolute atomic E-state index is 13.6. The number of aromatic nitrogens is 2. The highest BCUT2D eigenvalue weighted by atomic mass is 35.5. The average molecular weight is 428 g/mol. The smallest absolute Gasteiger partial charge is 0.147 e. The number of anilines is 1. The van der Waals surface area contributed by atoms with E-state index in [4.69, 9.17) is 23.2 Å². The molecule has 0 aliphatic heterocycles. The number of fused-ring (bicyclic) bond motifs is 1. The molecule has 0 aliphatic carbocycles. The van der Waals surface area contributed by atoms with E-state index >= 15 is 0 Å². The van der Waals surface area contributed by atoms with Crippen LogP contribution in [-0.4, -0.2) is 15.1 Å². The van der Waals surface area contributed by atoms with Crippen LogP contribution in [0.5, 0.6) is 5.75 Å². The molecule has 0 aliphatic rings. The highest BCUT2D eigenvalue weighted by Gasteiger charge is 2.23. The van der Waals surface area contributed by atoms with Gasteiger partial charge in [0, 0.05) is 28.4 Å². The second kappa shape index (κ2) is 7.85. The van der Waals surface area contributed by atoms with Crippen molar-refractivity contribution in [1.82, 2.24) is 9.97 Å². The van der Waals surface area contributed by atoms with Crippen molar-refractivity contribution >= 4 is 39.9 Å². The SMILES string of the molecule is Cc1cc(NC(c2ccc(F)cc2Cl)c2ccc3cccnc3c2O)ncc1Cl. The molecule has 4 aromatic rings. The molecular weight excluding hydrogens is 412 g/mol. The number of aromatic hydroxyl groups is 1. The van der Waals surface area contributed by atoms with Crippen molar-refractivity contribution in [2.24, 2.45) is 0 Å². The predicted octanol–water partition coefficient (Wildman–Crippen LogP) is 6.29. The van der Waals surface area contributed by atoms with E-state index in [9.17, 15) is 9.50 Å². The number of hydrogen-bond donors (Lipinski definition) is 2. The van der Waals surface area contributed by atoms with Gasteiger partial charge < -0.3 is 10.4 Å². The Labute approximate surface area is 177 Å². The van der Waals surface area contributed by atoms with Crippen LogP contribution in [0.2, 0.25) is 10.0 Å². The molecule has 2 N–H and O–H groups in total. The molecule has 2 aromatic heterocycles. The Hall–Kier alpha value is -2.89. The summed E-state index contributed by atoms with van der Waals surface area (Å²) >= 11 is 12.4. The van der Waals surface area contributed by atoms with Crippen LogP contribution >= 0.6 is 23.2 Å². The van der Waals surface area contributed by atoms with Crippen LogP contribution in [0.3, 0.4) is 0 Å². The summed E-state index contributed by atoms with van der Waals surface area (Å²) in [4.78, 5) is 8.59. The third-order valence-corrected chi connectivity index (χ3v) is 5.43. The molecule has 29 heavy (non-hydrogen) atoms. The third-order valence-electron chi connectivity index (χ3n) is 4.70. The van der Waals surface area contributed by atoms with E-state index in [0.717, 1.165) is 10.9 Å². The number of phenolic OH excluding ortho intramolecular Hbond substituents is 1. The number of aryl methyl sites for hydroxylation is 1. The second-order valence-corrected chi connectivity index (χ2v) is 7.45. The fraction of sp³-hybridized carbons (Fsp3) is 0.0909. The summed E-state index contributed by atoms with van der Waals surface area (Å²) in [6, 6.07) is 12.7. The Morgan fingerprint density at radius 3 is 2.55 bits per heavy atom. The third kappa shape index (κ3) is 3.84. The van der Waals surface area contributed by atoms with E-state index in [1.807, 2.05) is 19.1 Å². The van der Waals surface area contributed by atoms with E-state index in [1.54, 1.807) is 36.7 Å². The van der Waals surface area contributed by atoms with Gasteiger partial charge in [0.25, 0.3) is 0 Å². The summed E-state index contributed by atoms with van der Waals surface area (Å²) < 4.78 is 13.6. The minimum Gasteiger partial charge on any atom is -0.505 e. The first-order chi connectivity index (χ1) is 13.9. The molecule has 2 heterocycles. The normalized spacial score (nSPS) is 12.1. The van der Waals surface area contributed by atoms with Crippen LogP contribution in [0.25, 0.3) is 10.9 Å². The Morgan fingerprint density at radius 2 is 1.79 bits per heavy atom. The zero-order chi connectivity index (χ0) is 20.5. The number of halogens is 3. The largest absolute Gasteiger partial charge is 0.505 e. The lowest BCUT2D eigenvalue weighted by atomic mass is 9.96. The van der Waals surface area contributed by atoms with Crippen molar-refractivity contribution in [3.63, 3.8) is 0 Å². The maximum atomic E-state index is 13.6. The molecule has 0 bridgehead atoms. The molecule has 7 heteroatoms. The van der Waals surface area contributed by atoms with Crippen molar-refractivity contribution in [2.45, 2.75) is 13.0 Å². The predicted molar refractivity (Wildman–Crippen MR) is 114 cm³/mol. The van der Waals surface area contributed by atoms with Crippen LogP contribution in [0, 0.1) is 12.7 Å². The van der Waals surface area contributed by atoms with Crippen molar-refractivity contribution in [2.75, 3.05) is 5.32 Å². The number of rotatable bonds is 4. The van der Waals surface area contributed by atoms with E-state index in [-0.39, 0.29) is 10.8 Å². The zero-order valence-electron chi connectivity index (χ0n) is 15.3. The highest BCUT2D eigenvalue weighted by Crippen LogP contribution is 2.38. The molecule has 4 rings (SSSR count). The van der Waals surface area contributed by atoms with E-state index in [2.05, 4.69) is 15.3 Å². The molecule has 0 radical (unpaired) electrons. The van der Waals surface area contributed by atoms with Gasteiger partial charge in [-0.3, -0.25) is 4.98 Å². The van der Waals surface area contributed by atoms with Gasteiger partial charge in [0.2, 0.25) is 0 Å². The Kier molecular flexibility index (Phi) is 5.26. The minimum absolute atomic E-state index is 0.0201. The maximum Gasteiger partial charge on any atom is 0.147 e. The molecule has 4 nitrogen and oxygen atoms in total. The summed E-state index contributed by atoms with van der Waals surface area (Å²) in [6.45, 7) is 1.87. The van der Waals surface area contributed by atoms with Gasteiger partial charge in [0.1, 0.15) is 22.9 Å². The van der Waals surface area contributed by atoms with Gasteiger partial charge >= 0.3 is 0 Å². The van der Waals surface area contributed by atoms with E-state index in [0.29, 0.717) is 27.5 Å². The Balaban J connectivity index is 1.88. The molecule has 0 amide bonds. The fourth-order valence-corrected chi connectivity index (χ4v) is 3.58. The lowest BCUT2D eigenvalue weighted by Gasteiger charge is -2.23. The minimum atomic E-state index is -0.595. The number of benzene rings is 2. The lowest BCUT2D eigenvalue weighted by molar-refractivity contribution is 0.471. The van der Waals surface area contributed by atoms with Crippen molar-refractivity contribution in [3.05, 3.63) is 93.5 Å². The second-order valence-electron chi connectivity index (χ2n) is 6.64. The van der Waals surface area contributed by atoms with Gasteiger partial charge in [-0.2, -0.15) is 0 Å². The molecule has 0 saturated carbocycles. The molecule has 0 fully saturated rings. The summed E-state index contributed by atoms with van der Waals surface area (Å²) in [6.07, 6.45) is 3.16. The summed E-state index contributed by atoms with van der Waals surface area (Å²) in [5.74, 6) is 0.117. The summed E-state index contributed by atoms with van der Waals surface area (Å²) in [7, 11) is 0. The monoisotopic (exact) mass is 427 g/mol. The molecular formula is C22H16Cl2FN3O. The summed E-state index contributed by atoms with van der Waals surface area (Å²) in [5.41, 5.74) is 2.44. The Bertz CT molecular complexity index is 1220. The lowest BCUT2D eigenvalue weighted by Crippen LogP contribution is -2.14. The number of nitrogens with one attached hydrogen (secondary N) is 1. The summed E-state index contributed by atoms with van der Waals surface area (Å²) in [5, 5.41) is 15.8. The van der Waals surface area contributed by atoms with Crippen molar-refractivity contribution < 1.29 is 9.50 Å². The molecule has 1 atom stereocenters. The van der Waals surface area contributed by atoms with Gasteiger partial charge in [-0.1, -0.05) is 47.5 Å². The molecule has 2 aromatic carbocycles. The van der Waals surface area contributed by atoms with Crippen molar-refractivity contribution in [1.29, 1.82) is 0 Å². The highest BCUT2D eigenvalue weighted by molar-refractivity contribution is 6.31. The molecule has 0 saturated heterocycles. The van der Waals surface area contributed by atoms with Gasteiger partial charge in [-0.05, 0) is 42.3 Å². The van der Waals surface area contributed by atoms with E-state index in [1.165, 1.54) is 12.1 Å². The number of hydrogen-bond acceptors (Lipinski definition) is 4. The fourth-order valence-electron chi connectivity index (χ4n) is 3.20. The average Bonchev–Trinajstić information content (AvgIpc) is 2.70. The topological polar surface area (TPSA) is 58.0 Å². The standard InChI is InChI=1S/C22H16Cl2FN3O/c1-12-9-19(27-11-18(12)24)28-21(15-7-5-14(25)10-17(15)23)16-6-4-13-3-2-8-26-20(13)22(16)29/h2-11,21,29H,1H3,(H,27,28). The molecule has 0 spiro atoms. The van der Waals surface area contributed by atoms with Crippen molar-refractivity contribution in [3.8, 4) is 5.75 Å². The Morgan fingerprint density at radius 1 is 1.00 bits per heavy atom. The first-order valence-corrected chi connectivity index (χ1v) is 9.60. The van der Waals surface area contributed by atoms with Crippen LogP contribution < -0.4 is 5.32 Å². The quantitative estimate of drug-likeness (QED) is 0.401. The first-order valence-electron chi connectivity index (χ1n) is 8.84. The number of pyridine rings is 2. The van der Waals surface area contributed by atoms with Crippen LogP contribution in [0.4, 0.5) is 10.2 Å². The molecule has 1 unspecified atom stereocenters. The van der Waals surface area contributed by atoms with Gasteiger partial charge in [0.15, 0.2) is 0 Å². The van der Waals surface area contributed by atoms with Gasteiger partial charge in [0.05, 0.1) is 11.1 Å². The number of nitrogens with zero attached hydrogens (tertiary/aromatic N) is 2. The van der Waals surface area contributed by atoms with Crippen LogP contribution in [0.1, 0.15) is 22.7 Å². The molecule has 146 valence electrons.